The van der Waals surface area contributed by atoms with E-state index in [4.69, 9.17) is 9.72 Å². The molecule has 1 aliphatic rings. The Morgan fingerprint density at radius 1 is 1.04 bits per heavy atom. The lowest BCUT2D eigenvalue weighted by Gasteiger charge is -2.52. The molecule has 2 aromatic rings. The molecule has 8 atom stereocenters. The number of aromatic nitrogens is 1. The maximum Gasteiger partial charge on any atom is 0.270 e. The Balaban J connectivity index is 1.81. The van der Waals surface area contributed by atoms with Crippen LogP contribution >= 0.6 is 11.3 Å². The SMILES string of the molecule is CCO[C@H](C[C@H](C(C)C)N(C)C(=O)C(CC(=O)[C@H]1CCCC[N+]1(C)C(C)(C)C)[C@@H](C)CC)c1nc(C(=O)N[C@@H](Cc2ccccc2)C[C@H](C)C(C)=O)cs1. The summed E-state index contributed by atoms with van der Waals surface area (Å²) >= 11 is 1.39. The lowest BCUT2D eigenvalue weighted by atomic mass is 9.81. The molecule has 1 aromatic carbocycles. The highest BCUT2D eigenvalue weighted by molar-refractivity contribution is 7.09. The Kier molecular flexibility index (Phi) is 17.1. The molecule has 0 saturated carbocycles. The molecule has 1 aromatic heterocycles. The number of hydrogen-bond donors (Lipinski definition) is 1. The molecule has 2 amide bonds. The van der Waals surface area contributed by atoms with Crippen molar-refractivity contribution in [1.82, 2.24) is 15.2 Å². The van der Waals surface area contributed by atoms with Crippen molar-refractivity contribution in [3.63, 3.8) is 0 Å². The maximum atomic E-state index is 14.5. The zero-order valence-electron chi connectivity index (χ0n) is 35.4. The predicted molar refractivity (Wildman–Crippen MR) is 219 cm³/mol. The summed E-state index contributed by atoms with van der Waals surface area (Å²) in [4.78, 5) is 61.1. The molecule has 9 nitrogen and oxygen atoms in total. The standard InChI is InChI=1S/C44H70N4O5S/c1-13-30(5)35(26-39(50)38-22-18-19-23-48(38,12)44(8,9)10)43(52)47(11)37(29(3)4)27-40(53-14-2)42-46-36(28-54-42)41(51)45-34(24-31(6)32(7)49)25-33-20-16-15-17-21-33/h15-17,20-21,28-31,34-35,37-38,40H,13-14,18-19,22-27H2,1-12H3/p+1/t30-,31-,34+,35?,37+,38+,40+,48?/m0/s1. The van der Waals surface area contributed by atoms with Crippen molar-refractivity contribution in [2.75, 3.05) is 27.2 Å². The van der Waals surface area contributed by atoms with Crippen molar-refractivity contribution in [1.29, 1.82) is 0 Å². The molecule has 10 heteroatoms. The van der Waals surface area contributed by atoms with E-state index in [0.717, 1.165) is 37.8 Å². The minimum absolute atomic E-state index is 0.0101. The van der Waals surface area contributed by atoms with Gasteiger partial charge in [0.2, 0.25) is 5.91 Å². The summed E-state index contributed by atoms with van der Waals surface area (Å²) in [7, 11) is 4.10. The van der Waals surface area contributed by atoms with Gasteiger partial charge >= 0.3 is 0 Å². The van der Waals surface area contributed by atoms with E-state index in [2.05, 4.69) is 60.8 Å². The number of nitrogens with zero attached hydrogens (tertiary/aromatic N) is 3. The van der Waals surface area contributed by atoms with Crippen LogP contribution in [0.5, 0.6) is 0 Å². The molecular weight excluding hydrogens is 697 g/mol. The first-order valence-electron chi connectivity index (χ1n) is 20.4. The van der Waals surface area contributed by atoms with E-state index in [-0.39, 0.29) is 71.2 Å². The van der Waals surface area contributed by atoms with Crippen LogP contribution in [0.2, 0.25) is 0 Å². The molecule has 1 saturated heterocycles. The van der Waals surface area contributed by atoms with Crippen LogP contribution in [0.25, 0.3) is 0 Å². The van der Waals surface area contributed by atoms with Crippen molar-refractivity contribution in [3.8, 4) is 0 Å². The van der Waals surface area contributed by atoms with Gasteiger partial charge in [-0.1, -0.05) is 71.4 Å². The van der Waals surface area contributed by atoms with Crippen molar-refractivity contribution in [2.45, 2.75) is 150 Å². The van der Waals surface area contributed by atoms with E-state index in [1.165, 1.54) is 11.3 Å². The summed E-state index contributed by atoms with van der Waals surface area (Å²) < 4.78 is 7.00. The topological polar surface area (TPSA) is 106 Å². The number of carbonyl (C=O) groups is 4. The van der Waals surface area contributed by atoms with Crippen molar-refractivity contribution < 1.29 is 28.4 Å². The second kappa shape index (κ2) is 20.3. The third-order valence-corrected chi connectivity index (χ3v) is 13.4. The first-order valence-corrected chi connectivity index (χ1v) is 21.3. The summed E-state index contributed by atoms with van der Waals surface area (Å²) in [5.41, 5.74) is 1.33. The highest BCUT2D eigenvalue weighted by Gasteiger charge is 2.49. The average Bonchev–Trinajstić information content (AvgIpc) is 3.62. The van der Waals surface area contributed by atoms with Gasteiger partial charge < -0.3 is 19.4 Å². The van der Waals surface area contributed by atoms with Gasteiger partial charge in [-0.15, -0.1) is 11.3 Å². The van der Waals surface area contributed by atoms with E-state index in [1.54, 1.807) is 12.3 Å². The van der Waals surface area contributed by atoms with Gasteiger partial charge in [-0.2, -0.15) is 0 Å². The number of rotatable bonds is 20. The highest BCUT2D eigenvalue weighted by atomic mass is 32.1. The molecule has 2 heterocycles. The fourth-order valence-corrected chi connectivity index (χ4v) is 8.98. The summed E-state index contributed by atoms with van der Waals surface area (Å²) in [5, 5.41) is 5.61. The smallest absolute Gasteiger partial charge is 0.270 e. The molecular formula is C44H71N4O5S+. The summed E-state index contributed by atoms with van der Waals surface area (Å²) in [5.74, 6) is -0.390. The van der Waals surface area contributed by atoms with Gasteiger partial charge in [0.05, 0.1) is 19.1 Å². The summed E-state index contributed by atoms with van der Waals surface area (Å²) in [6.45, 7) is 22.0. The van der Waals surface area contributed by atoms with Crippen molar-refractivity contribution in [3.05, 3.63) is 52.0 Å². The first-order chi connectivity index (χ1) is 25.3. The van der Waals surface area contributed by atoms with Gasteiger partial charge in [-0.3, -0.25) is 19.2 Å². The quantitative estimate of drug-likeness (QED) is 0.136. The third kappa shape index (κ3) is 11.8. The normalized spacial score (nSPS) is 21.1. The molecule has 54 heavy (non-hydrogen) atoms. The Labute approximate surface area is 330 Å². The van der Waals surface area contributed by atoms with E-state index in [0.29, 0.717) is 41.1 Å². The second-order valence-corrected chi connectivity index (χ2v) is 18.3. The van der Waals surface area contributed by atoms with E-state index >= 15 is 0 Å². The third-order valence-electron chi connectivity index (χ3n) is 12.5. The van der Waals surface area contributed by atoms with Crippen LogP contribution < -0.4 is 5.32 Å². The van der Waals surface area contributed by atoms with Crippen molar-refractivity contribution in [2.24, 2.45) is 23.7 Å². The number of thiazole rings is 1. The minimum Gasteiger partial charge on any atom is -0.371 e. The van der Waals surface area contributed by atoms with E-state index < -0.39 is 12.0 Å². The molecule has 0 aliphatic carbocycles. The molecule has 1 fully saturated rings. The molecule has 1 N–H and O–H groups in total. The molecule has 1 aliphatic heterocycles. The van der Waals surface area contributed by atoms with Gasteiger partial charge in [0, 0.05) is 62.2 Å². The number of hydrogen-bond acceptors (Lipinski definition) is 7. The lowest BCUT2D eigenvalue weighted by Crippen LogP contribution is -2.67. The number of nitrogens with one attached hydrogen (secondary N) is 1. The van der Waals surface area contributed by atoms with Crippen LogP contribution in [0.3, 0.4) is 0 Å². The number of ether oxygens (including phenoxy) is 1. The van der Waals surface area contributed by atoms with Crippen LogP contribution in [0.15, 0.2) is 35.7 Å². The molecule has 0 bridgehead atoms. The van der Waals surface area contributed by atoms with Crippen LogP contribution in [0.4, 0.5) is 0 Å². The van der Waals surface area contributed by atoms with E-state index in [9.17, 15) is 19.2 Å². The van der Waals surface area contributed by atoms with Gasteiger partial charge in [0.15, 0.2) is 5.78 Å². The number of Topliss-reactive ketones (excluding diaryl/α,β-unsaturated/α-hetero) is 2. The second-order valence-electron chi connectivity index (χ2n) is 17.5. The first kappa shape index (κ1) is 45.4. The minimum atomic E-state index is -0.419. The average molecular weight is 768 g/mol. The molecule has 2 unspecified atom stereocenters. The monoisotopic (exact) mass is 768 g/mol. The number of ketones is 2. The lowest BCUT2D eigenvalue weighted by molar-refractivity contribution is -0.971. The molecule has 0 radical (unpaired) electrons. The van der Waals surface area contributed by atoms with E-state index in [1.807, 2.05) is 56.1 Å². The summed E-state index contributed by atoms with van der Waals surface area (Å²) in [6, 6.07) is 9.45. The predicted octanol–water partition coefficient (Wildman–Crippen LogP) is 8.47. The maximum absolute atomic E-state index is 14.5. The fourth-order valence-electron chi connectivity index (χ4n) is 8.12. The van der Waals surface area contributed by atoms with Crippen LogP contribution in [0.1, 0.15) is 141 Å². The zero-order valence-corrected chi connectivity index (χ0v) is 36.3. The zero-order chi connectivity index (χ0) is 40.4. The Hall–Kier alpha value is -2.95. The fraction of sp³-hybridized carbons (Fsp3) is 0.705. The van der Waals surface area contributed by atoms with Gasteiger partial charge in [-0.05, 0) is 77.7 Å². The number of amides is 2. The van der Waals surface area contributed by atoms with Gasteiger partial charge in [0.25, 0.3) is 5.91 Å². The Morgan fingerprint density at radius 2 is 1.70 bits per heavy atom. The molecule has 3 rings (SSSR count). The number of piperidine rings is 1. The summed E-state index contributed by atoms with van der Waals surface area (Å²) in [6.07, 6.45) is 5.33. The van der Waals surface area contributed by atoms with Gasteiger partial charge in [-0.25, -0.2) is 4.98 Å². The number of quaternary nitrogens is 1. The van der Waals surface area contributed by atoms with Crippen LogP contribution in [-0.4, -0.2) is 88.7 Å². The number of benzene rings is 1. The number of likely N-dealkylation sites (N-methyl/N-ethyl adjacent to an activating group) is 1. The van der Waals surface area contributed by atoms with Crippen LogP contribution in [-0.2, 0) is 25.5 Å². The van der Waals surface area contributed by atoms with Crippen LogP contribution in [0, 0.1) is 23.7 Å². The van der Waals surface area contributed by atoms with Gasteiger partial charge in [0.1, 0.15) is 28.6 Å². The highest BCUT2D eigenvalue weighted by Crippen LogP contribution is 2.37. The van der Waals surface area contributed by atoms with Crippen molar-refractivity contribution >= 4 is 34.7 Å². The molecule has 0 spiro atoms. The Bertz CT molecular complexity index is 1520. The largest absolute Gasteiger partial charge is 0.371 e. The molecule has 302 valence electrons. The Morgan fingerprint density at radius 3 is 2.28 bits per heavy atom. The number of likely N-dealkylation sites (tertiary alicyclic amines) is 1. The number of carbonyl (C=O) groups excluding carboxylic acids is 4.